The van der Waals surface area contributed by atoms with Gasteiger partial charge in [-0.15, -0.1) is 0 Å². The lowest BCUT2D eigenvalue weighted by Crippen LogP contribution is -2.45. The number of esters is 4. The van der Waals surface area contributed by atoms with Gasteiger partial charge in [0.1, 0.15) is 38.8 Å². The average Bonchev–Trinajstić information content (AvgIpc) is 3.17. The van der Waals surface area contributed by atoms with Crippen LogP contribution in [0.4, 0.5) is 0 Å². The second kappa shape index (κ2) is 20.9. The van der Waals surface area contributed by atoms with Crippen molar-refractivity contribution in [2.24, 2.45) is 16.2 Å². The van der Waals surface area contributed by atoms with Crippen LogP contribution >= 0.6 is 0 Å². The van der Waals surface area contributed by atoms with Gasteiger partial charge in [-0.2, -0.15) is 0 Å². The highest BCUT2D eigenvalue weighted by Crippen LogP contribution is 2.49. The Morgan fingerprint density at radius 3 is 1.70 bits per heavy atom. The average molecular weight is 747 g/mol. The Kier molecular flexibility index (Phi) is 16.7. The summed E-state index contributed by atoms with van der Waals surface area (Å²) in [6, 6.07) is 28.1. The summed E-state index contributed by atoms with van der Waals surface area (Å²) in [6.45, 7) is 8.62. The van der Waals surface area contributed by atoms with Crippen molar-refractivity contribution >= 4 is 29.8 Å². The zero-order valence-electron chi connectivity index (χ0n) is 32.0. The van der Waals surface area contributed by atoms with Crippen LogP contribution in [-0.2, 0) is 49.5 Å². The largest absolute Gasteiger partial charge is 0.490 e. The molecule has 54 heavy (non-hydrogen) atoms. The number of carboxylic acids is 1. The van der Waals surface area contributed by atoms with Gasteiger partial charge in [0.05, 0.1) is 29.1 Å². The van der Waals surface area contributed by atoms with Gasteiger partial charge in [-0.1, -0.05) is 92.7 Å². The molecular weight excluding hydrogens is 692 g/mol. The molecule has 0 aliphatic rings. The van der Waals surface area contributed by atoms with Gasteiger partial charge in [0.15, 0.2) is 0 Å². The van der Waals surface area contributed by atoms with Crippen molar-refractivity contribution in [3.63, 3.8) is 0 Å². The second-order valence-electron chi connectivity index (χ2n) is 14.5. The number of carboxylic acid groups (broad SMARTS) is 1. The Morgan fingerprint density at radius 1 is 0.611 bits per heavy atom. The van der Waals surface area contributed by atoms with Gasteiger partial charge >= 0.3 is 29.8 Å². The molecule has 0 bridgehead atoms. The van der Waals surface area contributed by atoms with E-state index in [1.165, 1.54) is 0 Å². The summed E-state index contributed by atoms with van der Waals surface area (Å²) < 4.78 is 28.1. The number of rotatable bonds is 23. The quantitative estimate of drug-likeness (QED) is 0.0577. The molecule has 3 rings (SSSR count). The first-order chi connectivity index (χ1) is 25.7. The first-order valence-electron chi connectivity index (χ1n) is 18.4. The summed E-state index contributed by atoms with van der Waals surface area (Å²) in [5.41, 5.74) is -2.05. The summed E-state index contributed by atoms with van der Waals surface area (Å²) in [5.74, 6) is -3.05. The molecule has 11 heteroatoms. The van der Waals surface area contributed by atoms with E-state index in [1.807, 2.05) is 92.7 Å². The van der Waals surface area contributed by atoms with E-state index < -0.39 is 46.1 Å². The molecule has 3 aromatic carbocycles. The first-order valence-corrected chi connectivity index (χ1v) is 18.4. The summed E-state index contributed by atoms with van der Waals surface area (Å²) >= 11 is 0. The van der Waals surface area contributed by atoms with E-state index in [4.69, 9.17) is 28.8 Å². The smallest absolute Gasteiger partial charge is 0.312 e. The highest BCUT2D eigenvalue weighted by Gasteiger charge is 2.51. The van der Waals surface area contributed by atoms with Crippen molar-refractivity contribution in [3.8, 4) is 5.75 Å². The first kappa shape index (κ1) is 43.2. The minimum atomic E-state index is -1.38. The normalized spacial score (nSPS) is 14.9. The van der Waals surface area contributed by atoms with Crippen LogP contribution in [0.2, 0.25) is 0 Å². The van der Waals surface area contributed by atoms with Crippen molar-refractivity contribution in [1.82, 2.24) is 0 Å². The third-order valence-corrected chi connectivity index (χ3v) is 9.61. The van der Waals surface area contributed by atoms with Crippen LogP contribution in [0.5, 0.6) is 5.75 Å². The topological polar surface area (TPSA) is 152 Å². The molecule has 4 unspecified atom stereocenters. The van der Waals surface area contributed by atoms with E-state index in [1.54, 1.807) is 32.9 Å². The summed E-state index contributed by atoms with van der Waals surface area (Å²) in [7, 11) is 0. The van der Waals surface area contributed by atoms with Gasteiger partial charge in [0.25, 0.3) is 0 Å². The third kappa shape index (κ3) is 13.7. The minimum absolute atomic E-state index is 0.00199. The predicted molar refractivity (Wildman–Crippen MR) is 201 cm³/mol. The molecule has 0 aliphatic carbocycles. The number of hydrogen-bond acceptors (Lipinski definition) is 10. The highest BCUT2D eigenvalue weighted by molar-refractivity contribution is 5.83. The van der Waals surface area contributed by atoms with E-state index >= 15 is 0 Å². The standard InChI is InChI=1S/C43H54O11/c1-6-41(3,38(47)52-26-24-50-35-20-14-9-15-21-35)30-43(5,40(49)54-29-33-16-10-7-11-17-33)31-42(4,28-32(2)34-18-12-8-13-19-34)39(48)53-27-25-51-37(46)23-22-36(44)45/h7-21,32H,6,22-31H2,1-5H3,(H,44,45). The highest BCUT2D eigenvalue weighted by atomic mass is 16.6. The fraction of sp³-hybridized carbons (Fsp3) is 0.465. The number of aliphatic carboxylic acids is 1. The van der Waals surface area contributed by atoms with E-state index in [0.29, 0.717) is 12.2 Å². The lowest BCUT2D eigenvalue weighted by atomic mass is 9.62. The summed E-state index contributed by atoms with van der Waals surface area (Å²) in [5, 5.41) is 8.84. The van der Waals surface area contributed by atoms with Gasteiger partial charge in [0, 0.05) is 0 Å². The number of para-hydroxylation sites is 1. The third-order valence-electron chi connectivity index (χ3n) is 9.61. The number of carbonyl (C=O) groups excluding carboxylic acids is 4. The molecule has 292 valence electrons. The Hall–Kier alpha value is -5.19. The van der Waals surface area contributed by atoms with Crippen molar-refractivity contribution in [3.05, 3.63) is 102 Å². The van der Waals surface area contributed by atoms with Crippen LogP contribution < -0.4 is 4.74 Å². The van der Waals surface area contributed by atoms with Gasteiger partial charge in [-0.05, 0) is 75.6 Å². The van der Waals surface area contributed by atoms with Crippen LogP contribution in [0.15, 0.2) is 91.0 Å². The number of benzene rings is 3. The fourth-order valence-electron chi connectivity index (χ4n) is 6.70. The summed E-state index contributed by atoms with van der Waals surface area (Å²) in [4.78, 5) is 65.0. The Morgan fingerprint density at radius 2 is 1.11 bits per heavy atom. The van der Waals surface area contributed by atoms with Crippen LogP contribution in [-0.4, -0.2) is 61.4 Å². The Labute approximate surface area is 318 Å². The molecule has 0 spiro atoms. The molecule has 0 aromatic heterocycles. The molecule has 3 aromatic rings. The van der Waals surface area contributed by atoms with Crippen molar-refractivity contribution in [1.29, 1.82) is 0 Å². The molecule has 11 nitrogen and oxygen atoms in total. The van der Waals surface area contributed by atoms with Crippen LogP contribution in [0, 0.1) is 16.2 Å². The molecule has 0 saturated carbocycles. The van der Waals surface area contributed by atoms with Crippen LogP contribution in [0.1, 0.15) is 90.2 Å². The summed E-state index contributed by atoms with van der Waals surface area (Å²) in [6.07, 6.45) is -0.105. The van der Waals surface area contributed by atoms with Crippen LogP contribution in [0.25, 0.3) is 0 Å². The molecule has 4 atom stereocenters. The maximum Gasteiger partial charge on any atom is 0.312 e. The Balaban J connectivity index is 1.88. The number of hydrogen-bond donors (Lipinski definition) is 1. The zero-order chi connectivity index (χ0) is 39.6. The van der Waals surface area contributed by atoms with E-state index in [0.717, 1.165) is 11.1 Å². The monoisotopic (exact) mass is 746 g/mol. The van der Waals surface area contributed by atoms with Crippen molar-refractivity contribution in [2.45, 2.75) is 85.7 Å². The van der Waals surface area contributed by atoms with E-state index in [2.05, 4.69) is 0 Å². The predicted octanol–water partition coefficient (Wildman–Crippen LogP) is 7.71. The lowest BCUT2D eigenvalue weighted by Gasteiger charge is -2.41. The maximum absolute atomic E-state index is 14.3. The second-order valence-corrected chi connectivity index (χ2v) is 14.5. The number of ether oxygens (including phenoxy) is 5. The molecule has 0 radical (unpaired) electrons. The van der Waals surface area contributed by atoms with Crippen LogP contribution in [0.3, 0.4) is 0 Å². The SMILES string of the molecule is CCC(C)(CC(C)(CC(C)(CC(C)c1ccccc1)C(=O)OCCOC(=O)CCC(=O)O)C(=O)OCc1ccccc1)C(=O)OCCOc1ccccc1. The maximum atomic E-state index is 14.3. The molecule has 0 amide bonds. The van der Waals surface area contributed by atoms with Gasteiger partial charge in [-0.3, -0.25) is 24.0 Å². The van der Waals surface area contributed by atoms with Crippen molar-refractivity contribution in [2.75, 3.05) is 26.4 Å². The molecule has 0 saturated heterocycles. The van der Waals surface area contributed by atoms with Gasteiger partial charge in [0.2, 0.25) is 0 Å². The fourth-order valence-corrected chi connectivity index (χ4v) is 6.70. The van der Waals surface area contributed by atoms with Gasteiger partial charge < -0.3 is 28.8 Å². The molecule has 0 aliphatic heterocycles. The minimum Gasteiger partial charge on any atom is -0.490 e. The molecular formula is C43H54O11. The van der Waals surface area contributed by atoms with Crippen molar-refractivity contribution < 1.29 is 52.8 Å². The number of carbonyl (C=O) groups is 5. The molecule has 1 N–H and O–H groups in total. The molecule has 0 fully saturated rings. The Bertz CT molecular complexity index is 1650. The lowest BCUT2D eigenvalue weighted by molar-refractivity contribution is -0.172. The van der Waals surface area contributed by atoms with Gasteiger partial charge in [-0.25, -0.2) is 0 Å². The zero-order valence-corrected chi connectivity index (χ0v) is 32.0. The van der Waals surface area contributed by atoms with E-state index in [-0.39, 0.29) is 71.1 Å². The van der Waals surface area contributed by atoms with E-state index in [9.17, 15) is 24.0 Å². The molecule has 0 heterocycles.